The van der Waals surface area contributed by atoms with E-state index in [-0.39, 0.29) is 5.69 Å². The molecule has 0 aliphatic heterocycles. The van der Waals surface area contributed by atoms with Crippen molar-refractivity contribution in [3.05, 3.63) is 50.3 Å². The van der Waals surface area contributed by atoms with Crippen molar-refractivity contribution in [1.29, 1.82) is 0 Å². The first kappa shape index (κ1) is 13.7. The summed E-state index contributed by atoms with van der Waals surface area (Å²) in [6.07, 6.45) is 0. The van der Waals surface area contributed by atoms with Crippen LogP contribution in [0.4, 0.5) is 5.69 Å². The Kier molecular flexibility index (Phi) is 4.16. The van der Waals surface area contributed by atoms with Gasteiger partial charge in [0.2, 0.25) is 0 Å². The molecule has 1 unspecified atom stereocenters. The summed E-state index contributed by atoms with van der Waals surface area (Å²) in [6.45, 7) is 1.93. The normalized spacial score (nSPS) is 10.4. The molecule has 0 amide bonds. The maximum absolute atomic E-state index is 11.0. The van der Waals surface area contributed by atoms with Gasteiger partial charge in [-0.3, -0.25) is 0 Å². The van der Waals surface area contributed by atoms with Gasteiger partial charge in [-0.15, -0.1) is 14.1 Å². The number of nitrogens with zero attached hydrogens (tertiary/aromatic N) is 1. The summed E-state index contributed by atoms with van der Waals surface area (Å²) in [6, 6.07) is 9.46. The van der Waals surface area contributed by atoms with Crippen LogP contribution in [0.15, 0.2) is 40.0 Å². The summed E-state index contributed by atoms with van der Waals surface area (Å²) in [5.41, 5.74) is 2.93. The topological polar surface area (TPSA) is 29.4 Å². The summed E-state index contributed by atoms with van der Waals surface area (Å²) in [4.78, 5) is 11.0. The van der Waals surface area contributed by atoms with E-state index < -0.39 is 0 Å². The summed E-state index contributed by atoms with van der Waals surface area (Å²) in [5.74, 6) is 0. The number of benzene rings is 2. The van der Waals surface area contributed by atoms with Crippen LogP contribution in [-0.4, -0.2) is 0 Å². The van der Waals surface area contributed by atoms with Crippen LogP contribution < -0.4 is 5.30 Å². The minimum Gasteiger partial charge on any atom is -0.145 e. The van der Waals surface area contributed by atoms with Crippen molar-refractivity contribution in [2.75, 3.05) is 0 Å². The Bertz CT molecular complexity index is 610. The van der Waals surface area contributed by atoms with E-state index in [0.717, 1.165) is 26.5 Å². The van der Waals surface area contributed by atoms with Gasteiger partial charge in [0.1, 0.15) is 5.69 Å². The van der Waals surface area contributed by atoms with E-state index in [4.69, 9.17) is 11.6 Å². The van der Waals surface area contributed by atoms with Gasteiger partial charge in [-0.2, -0.15) is 0 Å². The maximum Gasteiger partial charge on any atom is 0.134 e. The second-order valence-corrected chi connectivity index (χ2v) is 5.82. The van der Waals surface area contributed by atoms with Crippen molar-refractivity contribution in [1.82, 2.24) is 0 Å². The van der Waals surface area contributed by atoms with Crippen molar-refractivity contribution in [2.45, 2.75) is 6.92 Å². The van der Waals surface area contributed by atoms with Gasteiger partial charge in [-0.1, -0.05) is 39.7 Å². The fourth-order valence-corrected chi connectivity index (χ4v) is 3.38. The third kappa shape index (κ3) is 2.49. The van der Waals surface area contributed by atoms with Crippen LogP contribution in [0.25, 0.3) is 11.1 Å². The summed E-state index contributed by atoms with van der Waals surface area (Å²) in [7, 11) is 2.65. The molecule has 0 aromatic heterocycles. The molecule has 2 rings (SSSR count). The molecule has 0 heterocycles. The molecule has 0 bridgehead atoms. The molecule has 2 aromatic rings. The van der Waals surface area contributed by atoms with Gasteiger partial charge >= 0.3 is 0 Å². The van der Waals surface area contributed by atoms with Crippen LogP contribution in [0.1, 0.15) is 5.56 Å². The lowest BCUT2D eigenvalue weighted by molar-refractivity contribution is 1.42. The lowest BCUT2D eigenvalue weighted by Crippen LogP contribution is -1.98. The molecule has 2 aromatic carbocycles. The second kappa shape index (κ2) is 5.48. The van der Waals surface area contributed by atoms with Crippen LogP contribution in [-0.2, 0) is 0 Å². The van der Waals surface area contributed by atoms with Crippen LogP contribution in [0.2, 0.25) is 5.02 Å². The van der Waals surface area contributed by atoms with Crippen LogP contribution >= 0.6 is 36.8 Å². The molecule has 0 saturated carbocycles. The molecule has 0 aliphatic carbocycles. The van der Waals surface area contributed by atoms with Gasteiger partial charge in [0.15, 0.2) is 0 Å². The third-order valence-electron chi connectivity index (χ3n) is 2.61. The van der Waals surface area contributed by atoms with Gasteiger partial charge in [-0.05, 0) is 41.2 Å². The third-order valence-corrected chi connectivity index (χ3v) is 4.04. The molecule has 0 saturated heterocycles. The number of aryl methyl sites for hydroxylation is 1. The Morgan fingerprint density at radius 2 is 2.06 bits per heavy atom. The van der Waals surface area contributed by atoms with E-state index in [1.165, 1.54) is 0 Å². The average molecular weight is 343 g/mol. The Hall–Kier alpha value is -0.760. The van der Waals surface area contributed by atoms with Crippen molar-refractivity contribution in [3.63, 3.8) is 0 Å². The summed E-state index contributed by atoms with van der Waals surface area (Å²) < 4.78 is 0.904. The van der Waals surface area contributed by atoms with Gasteiger partial charge in [0.05, 0.1) is 5.02 Å². The molecule has 92 valence electrons. The monoisotopic (exact) mass is 341 g/mol. The molecule has 0 fully saturated rings. The summed E-state index contributed by atoms with van der Waals surface area (Å²) >= 11 is 9.57. The quantitative estimate of drug-likeness (QED) is 0.559. The number of hydrogen-bond donors (Lipinski definition) is 0. The lowest BCUT2D eigenvalue weighted by Gasteiger charge is -2.12. The van der Waals surface area contributed by atoms with E-state index >= 15 is 0 Å². The highest BCUT2D eigenvalue weighted by Crippen LogP contribution is 2.40. The molecule has 1 atom stereocenters. The van der Waals surface area contributed by atoms with Crippen molar-refractivity contribution >= 4 is 47.8 Å². The zero-order chi connectivity index (χ0) is 13.3. The molecule has 0 radical (unpaired) electrons. The first-order valence-corrected chi connectivity index (χ1v) is 6.97. The molecule has 0 aliphatic rings. The average Bonchev–Trinajstić information content (AvgIpc) is 2.28. The number of nitroso groups, excluding NO2 is 1. The van der Waals surface area contributed by atoms with Crippen LogP contribution in [0.3, 0.4) is 0 Å². The first-order chi connectivity index (χ1) is 8.54. The van der Waals surface area contributed by atoms with Crippen molar-refractivity contribution in [2.24, 2.45) is 5.18 Å². The number of halogens is 2. The van der Waals surface area contributed by atoms with Crippen molar-refractivity contribution < 1.29 is 0 Å². The fraction of sp³-hybridized carbons (Fsp3) is 0.0769. The Morgan fingerprint density at radius 1 is 1.33 bits per heavy atom. The van der Waals surface area contributed by atoms with Crippen LogP contribution in [0, 0.1) is 11.8 Å². The molecule has 2 nitrogen and oxygen atoms in total. The Balaban J connectivity index is 2.82. The standard InChI is InChI=1S/C13H10BrClNOP/c1-7-5-8(13(16-17)10(15)6-7)12-9(14)3-2-4-11(12)18/h2-6H,18H2,1H3. The molecule has 5 heteroatoms. The lowest BCUT2D eigenvalue weighted by atomic mass is 10.0. The van der Waals surface area contributed by atoms with Crippen molar-refractivity contribution in [3.8, 4) is 11.1 Å². The van der Waals surface area contributed by atoms with E-state index in [1.807, 2.05) is 31.2 Å². The zero-order valence-corrected chi connectivity index (χ0v) is 13.1. The SMILES string of the molecule is Cc1cc(Cl)c(N=O)c(-c2c(P)cccc2Br)c1. The number of rotatable bonds is 2. The first-order valence-electron chi connectivity index (χ1n) is 5.22. The molecule has 0 spiro atoms. The van der Waals surface area contributed by atoms with Crippen LogP contribution in [0.5, 0.6) is 0 Å². The van der Waals surface area contributed by atoms with E-state index in [1.54, 1.807) is 6.07 Å². The number of hydrogen-bond acceptors (Lipinski definition) is 2. The minimum absolute atomic E-state index is 0.276. The highest BCUT2D eigenvalue weighted by molar-refractivity contribution is 9.10. The van der Waals surface area contributed by atoms with E-state index in [2.05, 4.69) is 30.3 Å². The Labute approximate surface area is 121 Å². The van der Waals surface area contributed by atoms with Gasteiger partial charge < -0.3 is 0 Å². The predicted molar refractivity (Wildman–Crippen MR) is 84.1 cm³/mol. The van der Waals surface area contributed by atoms with E-state index in [0.29, 0.717) is 5.02 Å². The molecular formula is C13H10BrClNOP. The molecule has 0 N–H and O–H groups in total. The smallest absolute Gasteiger partial charge is 0.134 e. The van der Waals surface area contributed by atoms with Gasteiger partial charge in [-0.25, -0.2) is 0 Å². The second-order valence-electron chi connectivity index (χ2n) is 3.94. The maximum atomic E-state index is 11.0. The molecule has 18 heavy (non-hydrogen) atoms. The van der Waals surface area contributed by atoms with Gasteiger partial charge in [0.25, 0.3) is 0 Å². The fourth-order valence-electron chi connectivity index (χ4n) is 1.84. The van der Waals surface area contributed by atoms with E-state index in [9.17, 15) is 4.91 Å². The zero-order valence-electron chi connectivity index (χ0n) is 9.58. The Morgan fingerprint density at radius 3 is 2.67 bits per heavy atom. The van der Waals surface area contributed by atoms with Gasteiger partial charge in [0, 0.05) is 15.6 Å². The predicted octanol–water partition coefficient (Wildman–Crippen LogP) is 4.98. The largest absolute Gasteiger partial charge is 0.145 e. The molecular weight excluding hydrogens is 332 g/mol. The minimum atomic E-state index is 0.276. The summed E-state index contributed by atoms with van der Waals surface area (Å²) in [5, 5.41) is 4.42. The highest BCUT2D eigenvalue weighted by Gasteiger charge is 2.15. The highest BCUT2D eigenvalue weighted by atomic mass is 79.9.